The maximum absolute atomic E-state index is 11.5. The first-order chi connectivity index (χ1) is 6.20. The van der Waals surface area contributed by atoms with Crippen LogP contribution < -0.4 is 0 Å². The van der Waals surface area contributed by atoms with Crippen molar-refractivity contribution in [2.24, 2.45) is 0 Å². The van der Waals surface area contributed by atoms with E-state index >= 15 is 0 Å². The quantitative estimate of drug-likeness (QED) is 0.682. The van der Waals surface area contributed by atoms with Crippen LogP contribution in [0.1, 0.15) is 23.7 Å². The van der Waals surface area contributed by atoms with Crippen molar-refractivity contribution < 1.29 is 8.42 Å². The Kier molecular flexibility index (Phi) is 2.07. The molecule has 1 fully saturated rings. The first kappa shape index (κ1) is 8.69. The minimum Gasteiger partial charge on any atom is -0.264 e. The molecule has 70 valence electrons. The van der Waals surface area contributed by atoms with Crippen LogP contribution in [0.5, 0.6) is 0 Å². The van der Waals surface area contributed by atoms with Gasteiger partial charge in [0, 0.05) is 12.4 Å². The molecule has 1 aliphatic rings. The lowest BCUT2D eigenvalue weighted by molar-refractivity contribution is 0.592. The van der Waals surface area contributed by atoms with Crippen molar-refractivity contribution in [3.05, 3.63) is 30.1 Å². The van der Waals surface area contributed by atoms with E-state index in [0.29, 0.717) is 5.75 Å². The van der Waals surface area contributed by atoms with Crippen LogP contribution in [0, 0.1) is 0 Å². The third-order valence-corrected chi connectivity index (χ3v) is 4.62. The molecule has 2 rings (SSSR count). The molecule has 4 heteroatoms. The van der Waals surface area contributed by atoms with E-state index in [2.05, 4.69) is 4.98 Å². The monoisotopic (exact) mass is 197 g/mol. The number of hydrogen-bond acceptors (Lipinski definition) is 3. The van der Waals surface area contributed by atoms with Gasteiger partial charge in [-0.25, -0.2) is 8.42 Å². The highest BCUT2D eigenvalue weighted by Crippen LogP contribution is 2.33. The lowest BCUT2D eigenvalue weighted by atomic mass is 10.1. The van der Waals surface area contributed by atoms with E-state index in [1.165, 1.54) is 0 Å². The third kappa shape index (κ3) is 1.58. The molecule has 0 N–H and O–H groups in total. The highest BCUT2D eigenvalue weighted by Gasteiger charge is 2.32. The molecule has 0 unspecified atom stereocenters. The van der Waals surface area contributed by atoms with Gasteiger partial charge in [-0.15, -0.1) is 0 Å². The van der Waals surface area contributed by atoms with Gasteiger partial charge in [-0.1, -0.05) is 6.07 Å². The van der Waals surface area contributed by atoms with Gasteiger partial charge >= 0.3 is 0 Å². The average molecular weight is 197 g/mol. The predicted molar refractivity (Wildman–Crippen MR) is 50.0 cm³/mol. The first-order valence-electron chi connectivity index (χ1n) is 4.32. The lowest BCUT2D eigenvalue weighted by Gasteiger charge is -2.07. The molecule has 0 radical (unpaired) electrons. The minimum absolute atomic E-state index is 0.304. The van der Waals surface area contributed by atoms with E-state index in [9.17, 15) is 8.42 Å². The maximum Gasteiger partial charge on any atom is 0.157 e. The van der Waals surface area contributed by atoms with Crippen LogP contribution >= 0.6 is 0 Å². The van der Waals surface area contributed by atoms with Crippen molar-refractivity contribution in [1.29, 1.82) is 0 Å². The molecule has 0 spiro atoms. The van der Waals surface area contributed by atoms with Gasteiger partial charge in [0.2, 0.25) is 0 Å². The van der Waals surface area contributed by atoms with E-state index in [0.717, 1.165) is 18.4 Å². The summed E-state index contributed by atoms with van der Waals surface area (Å²) in [5.74, 6) is 0.326. The van der Waals surface area contributed by atoms with E-state index in [4.69, 9.17) is 0 Å². The number of rotatable bonds is 1. The van der Waals surface area contributed by atoms with Gasteiger partial charge in [0.15, 0.2) is 9.84 Å². The number of aromatic nitrogens is 1. The van der Waals surface area contributed by atoms with Gasteiger partial charge in [-0.2, -0.15) is 0 Å². The fourth-order valence-electron chi connectivity index (χ4n) is 1.73. The van der Waals surface area contributed by atoms with Gasteiger partial charge in [0.25, 0.3) is 0 Å². The van der Waals surface area contributed by atoms with Crippen LogP contribution in [0.3, 0.4) is 0 Å². The fourth-order valence-corrected chi connectivity index (χ4v) is 3.67. The molecular weight excluding hydrogens is 186 g/mol. The second-order valence-electron chi connectivity index (χ2n) is 3.28. The minimum atomic E-state index is -2.88. The molecule has 1 aromatic heterocycles. The van der Waals surface area contributed by atoms with Crippen molar-refractivity contribution in [2.45, 2.75) is 18.1 Å². The van der Waals surface area contributed by atoms with Crippen molar-refractivity contribution in [2.75, 3.05) is 5.75 Å². The Morgan fingerprint density at radius 1 is 1.46 bits per heavy atom. The van der Waals surface area contributed by atoms with Gasteiger partial charge in [-0.3, -0.25) is 4.98 Å². The van der Waals surface area contributed by atoms with E-state index < -0.39 is 9.84 Å². The molecule has 0 aliphatic carbocycles. The standard InChI is InChI=1S/C9H11NO2S/c11-13(12)6-2-4-9(13)8-3-1-5-10-7-8/h1,3,5,7,9H,2,4,6H2/t9-/m1/s1. The van der Waals surface area contributed by atoms with Crippen LogP contribution in [-0.4, -0.2) is 19.2 Å². The van der Waals surface area contributed by atoms with Crippen molar-refractivity contribution in [3.63, 3.8) is 0 Å². The Labute approximate surface area is 77.7 Å². The highest BCUT2D eigenvalue weighted by atomic mass is 32.2. The summed E-state index contributed by atoms with van der Waals surface area (Å²) in [7, 11) is -2.88. The van der Waals surface area contributed by atoms with Crippen LogP contribution in [0.2, 0.25) is 0 Å². The largest absolute Gasteiger partial charge is 0.264 e. The van der Waals surface area contributed by atoms with E-state index in [1.807, 2.05) is 6.07 Å². The molecule has 13 heavy (non-hydrogen) atoms. The summed E-state index contributed by atoms with van der Waals surface area (Å²) in [6, 6.07) is 3.61. The molecule has 0 aromatic carbocycles. The molecule has 1 saturated heterocycles. The third-order valence-electron chi connectivity index (χ3n) is 2.38. The maximum atomic E-state index is 11.5. The Balaban J connectivity index is 2.38. The number of nitrogens with zero attached hydrogens (tertiary/aromatic N) is 1. The van der Waals surface area contributed by atoms with Crippen molar-refractivity contribution in [1.82, 2.24) is 4.98 Å². The van der Waals surface area contributed by atoms with Crippen molar-refractivity contribution in [3.8, 4) is 0 Å². The Morgan fingerprint density at radius 2 is 2.31 bits per heavy atom. The highest BCUT2D eigenvalue weighted by molar-refractivity contribution is 7.91. The first-order valence-corrected chi connectivity index (χ1v) is 6.03. The number of pyridine rings is 1. The second kappa shape index (κ2) is 3.10. The SMILES string of the molecule is O=S1(=O)CCC[C@@H]1c1cccnc1. The molecule has 1 aliphatic heterocycles. The number of sulfone groups is 1. The summed E-state index contributed by atoms with van der Waals surface area (Å²) in [6.07, 6.45) is 4.83. The fraction of sp³-hybridized carbons (Fsp3) is 0.444. The van der Waals surface area contributed by atoms with Gasteiger partial charge in [0.05, 0.1) is 11.0 Å². The molecule has 3 nitrogen and oxygen atoms in total. The van der Waals surface area contributed by atoms with Gasteiger partial charge in [-0.05, 0) is 24.5 Å². The summed E-state index contributed by atoms with van der Waals surface area (Å²) in [5.41, 5.74) is 0.833. The number of hydrogen-bond donors (Lipinski definition) is 0. The average Bonchev–Trinajstić information content (AvgIpc) is 2.47. The predicted octanol–water partition coefficient (Wildman–Crippen LogP) is 1.33. The van der Waals surface area contributed by atoms with Crippen LogP contribution in [0.15, 0.2) is 24.5 Å². The van der Waals surface area contributed by atoms with Crippen LogP contribution in [0.4, 0.5) is 0 Å². The Hall–Kier alpha value is -0.900. The molecule has 2 heterocycles. The van der Waals surface area contributed by atoms with E-state index in [1.54, 1.807) is 18.5 Å². The topological polar surface area (TPSA) is 47.0 Å². The molecule has 0 saturated carbocycles. The molecule has 1 aromatic rings. The Morgan fingerprint density at radius 3 is 2.85 bits per heavy atom. The molecule has 1 atom stereocenters. The smallest absolute Gasteiger partial charge is 0.157 e. The zero-order valence-corrected chi connectivity index (χ0v) is 8.00. The zero-order valence-electron chi connectivity index (χ0n) is 7.18. The second-order valence-corrected chi connectivity index (χ2v) is 5.59. The van der Waals surface area contributed by atoms with Gasteiger partial charge < -0.3 is 0 Å². The van der Waals surface area contributed by atoms with Crippen molar-refractivity contribution >= 4 is 9.84 Å². The summed E-state index contributed by atoms with van der Waals surface area (Å²) in [5, 5.41) is -0.304. The van der Waals surface area contributed by atoms with Gasteiger partial charge in [0.1, 0.15) is 0 Å². The summed E-state index contributed by atoms with van der Waals surface area (Å²) < 4.78 is 23.1. The summed E-state index contributed by atoms with van der Waals surface area (Å²) in [6.45, 7) is 0. The summed E-state index contributed by atoms with van der Waals surface area (Å²) >= 11 is 0. The van der Waals surface area contributed by atoms with E-state index in [-0.39, 0.29) is 5.25 Å². The summed E-state index contributed by atoms with van der Waals surface area (Å²) in [4.78, 5) is 3.93. The normalized spacial score (nSPS) is 26.0. The molecular formula is C9H11NO2S. The van der Waals surface area contributed by atoms with Crippen LogP contribution in [0.25, 0.3) is 0 Å². The Bertz CT molecular complexity index is 385. The zero-order chi connectivity index (χ0) is 9.31. The lowest BCUT2D eigenvalue weighted by Crippen LogP contribution is -2.07. The molecule has 0 bridgehead atoms. The molecule has 0 amide bonds. The van der Waals surface area contributed by atoms with Crippen LogP contribution in [-0.2, 0) is 9.84 Å².